The van der Waals surface area contributed by atoms with Crippen molar-refractivity contribution in [3.05, 3.63) is 43.1 Å². The second-order valence-corrected chi connectivity index (χ2v) is 2.67. The highest BCUT2D eigenvalue weighted by Gasteiger charge is 1.93. The maximum atomic E-state index is 3.84. The van der Waals surface area contributed by atoms with E-state index in [1.165, 1.54) is 16.3 Å². The minimum Gasteiger partial charge on any atom is -0.366 e. The lowest BCUT2D eigenvalue weighted by atomic mass is 10.1. The van der Waals surface area contributed by atoms with Gasteiger partial charge in [-0.05, 0) is 35.7 Å². The molecule has 1 radical (unpaired) electrons. The number of H-pyrrole nitrogens is 1. The molecule has 0 amide bonds. The van der Waals surface area contributed by atoms with Gasteiger partial charge >= 0.3 is 0 Å². The lowest BCUT2D eigenvalue weighted by Gasteiger charge is -1.94. The van der Waals surface area contributed by atoms with Crippen LogP contribution in [0.4, 0.5) is 0 Å². The summed E-state index contributed by atoms with van der Waals surface area (Å²) in [7, 11) is 0. The molecule has 0 aliphatic heterocycles. The number of nitrogens with one attached hydrogen (secondary N) is 1. The Balaban J connectivity index is 2.67. The summed E-state index contributed by atoms with van der Waals surface area (Å²) in [4.78, 5) is 3.07. The Hall–Kier alpha value is -1.24. The third-order valence-corrected chi connectivity index (χ3v) is 1.92. The zero-order valence-corrected chi connectivity index (χ0v) is 6.30. The van der Waals surface area contributed by atoms with Gasteiger partial charge in [-0.3, -0.25) is 0 Å². The molecule has 55 valence electrons. The van der Waals surface area contributed by atoms with E-state index in [2.05, 4.69) is 30.1 Å². The van der Waals surface area contributed by atoms with Gasteiger partial charge in [0, 0.05) is 12.4 Å². The highest BCUT2D eigenvalue weighted by atomic mass is 14.6. The maximum absolute atomic E-state index is 3.84. The summed E-state index contributed by atoms with van der Waals surface area (Å²) in [6, 6.07) is 6.40. The van der Waals surface area contributed by atoms with Crippen molar-refractivity contribution in [1.82, 2.24) is 4.98 Å². The molecule has 2 rings (SSSR count). The summed E-state index contributed by atoms with van der Waals surface area (Å²) in [6.07, 6.45) is 4.87. The van der Waals surface area contributed by atoms with E-state index in [0.717, 1.165) is 6.42 Å². The molecule has 1 aromatic carbocycles. The van der Waals surface area contributed by atoms with Gasteiger partial charge in [0.1, 0.15) is 0 Å². The Morgan fingerprint density at radius 3 is 2.82 bits per heavy atom. The van der Waals surface area contributed by atoms with Gasteiger partial charge in [-0.25, -0.2) is 0 Å². The SMILES string of the molecule is [CH2]Cc1ccc2c[nH]cc2c1. The zero-order chi connectivity index (χ0) is 7.68. The number of hydrogen-bond acceptors (Lipinski definition) is 0. The molecule has 0 fully saturated rings. The molecule has 0 saturated carbocycles. The summed E-state index contributed by atoms with van der Waals surface area (Å²) < 4.78 is 0. The van der Waals surface area contributed by atoms with Crippen LogP contribution in [0.15, 0.2) is 30.6 Å². The maximum Gasteiger partial charge on any atom is 0.00844 e. The predicted molar refractivity (Wildman–Crippen MR) is 47.4 cm³/mol. The molecule has 0 bridgehead atoms. The van der Waals surface area contributed by atoms with E-state index in [-0.39, 0.29) is 0 Å². The van der Waals surface area contributed by atoms with Crippen LogP contribution in [-0.2, 0) is 6.42 Å². The molecular weight excluding hydrogens is 134 g/mol. The first kappa shape index (κ1) is 6.47. The fraction of sp³-hybridized carbons (Fsp3) is 0.100. The number of fused-ring (bicyclic) bond motifs is 1. The van der Waals surface area contributed by atoms with Gasteiger partial charge in [0.25, 0.3) is 0 Å². The van der Waals surface area contributed by atoms with Gasteiger partial charge in [0.05, 0.1) is 0 Å². The summed E-state index contributed by atoms with van der Waals surface area (Å²) in [5.74, 6) is 0. The van der Waals surface area contributed by atoms with E-state index in [1.54, 1.807) is 0 Å². The van der Waals surface area contributed by atoms with E-state index in [1.807, 2.05) is 12.4 Å². The molecule has 0 spiro atoms. The molecule has 1 heteroatoms. The predicted octanol–water partition coefficient (Wildman–Crippen LogP) is 2.54. The molecule has 11 heavy (non-hydrogen) atoms. The van der Waals surface area contributed by atoms with Gasteiger partial charge in [0.2, 0.25) is 0 Å². The quantitative estimate of drug-likeness (QED) is 0.633. The van der Waals surface area contributed by atoms with Crippen molar-refractivity contribution in [2.45, 2.75) is 6.42 Å². The van der Waals surface area contributed by atoms with Gasteiger partial charge < -0.3 is 4.98 Å². The molecule has 1 heterocycles. The Bertz CT molecular complexity index is 360. The van der Waals surface area contributed by atoms with E-state index < -0.39 is 0 Å². The van der Waals surface area contributed by atoms with Crippen LogP contribution in [0, 0.1) is 6.92 Å². The van der Waals surface area contributed by atoms with Crippen LogP contribution in [0.3, 0.4) is 0 Å². The van der Waals surface area contributed by atoms with Crippen LogP contribution in [0.25, 0.3) is 10.8 Å². The summed E-state index contributed by atoms with van der Waals surface area (Å²) in [5.41, 5.74) is 1.29. The third kappa shape index (κ3) is 1.03. The van der Waals surface area contributed by atoms with Gasteiger partial charge in [0.15, 0.2) is 0 Å². The van der Waals surface area contributed by atoms with Crippen LogP contribution in [0.2, 0.25) is 0 Å². The Labute approximate surface area is 66.1 Å². The average molecular weight is 144 g/mol. The van der Waals surface area contributed by atoms with Crippen molar-refractivity contribution in [1.29, 1.82) is 0 Å². The van der Waals surface area contributed by atoms with Gasteiger partial charge in [-0.2, -0.15) is 0 Å². The number of aromatic amines is 1. The first-order valence-corrected chi connectivity index (χ1v) is 3.75. The van der Waals surface area contributed by atoms with E-state index in [0.29, 0.717) is 0 Å². The minimum absolute atomic E-state index is 0.862. The van der Waals surface area contributed by atoms with Crippen molar-refractivity contribution < 1.29 is 0 Å². The Morgan fingerprint density at radius 2 is 2.00 bits per heavy atom. The first-order valence-electron chi connectivity index (χ1n) is 3.75. The largest absolute Gasteiger partial charge is 0.366 e. The first-order chi connectivity index (χ1) is 5.40. The molecule has 0 saturated heterocycles. The van der Waals surface area contributed by atoms with Crippen LogP contribution in [0.5, 0.6) is 0 Å². The van der Waals surface area contributed by atoms with Crippen molar-refractivity contribution in [2.75, 3.05) is 0 Å². The van der Waals surface area contributed by atoms with Crippen LogP contribution < -0.4 is 0 Å². The molecular formula is C10H10N. The summed E-state index contributed by atoms with van der Waals surface area (Å²) in [5, 5.41) is 2.54. The summed E-state index contributed by atoms with van der Waals surface area (Å²) in [6.45, 7) is 3.84. The second-order valence-electron chi connectivity index (χ2n) is 2.67. The number of hydrogen-bond donors (Lipinski definition) is 1. The van der Waals surface area contributed by atoms with Crippen molar-refractivity contribution in [2.24, 2.45) is 0 Å². The topological polar surface area (TPSA) is 15.8 Å². The lowest BCUT2D eigenvalue weighted by Crippen LogP contribution is -1.76. The molecule has 0 unspecified atom stereocenters. The van der Waals surface area contributed by atoms with Crippen LogP contribution in [-0.4, -0.2) is 4.98 Å². The van der Waals surface area contributed by atoms with Crippen LogP contribution in [0.1, 0.15) is 5.56 Å². The minimum atomic E-state index is 0.862. The zero-order valence-electron chi connectivity index (χ0n) is 6.30. The number of rotatable bonds is 1. The molecule has 1 N–H and O–H groups in total. The smallest absolute Gasteiger partial charge is 0.00844 e. The second kappa shape index (κ2) is 2.42. The Kier molecular flexibility index (Phi) is 1.42. The van der Waals surface area contributed by atoms with Crippen molar-refractivity contribution in [3.8, 4) is 0 Å². The van der Waals surface area contributed by atoms with E-state index >= 15 is 0 Å². The molecule has 0 atom stereocenters. The number of benzene rings is 1. The van der Waals surface area contributed by atoms with Crippen molar-refractivity contribution in [3.63, 3.8) is 0 Å². The van der Waals surface area contributed by atoms with Gasteiger partial charge in [-0.15, -0.1) is 0 Å². The fourth-order valence-electron chi connectivity index (χ4n) is 1.26. The molecule has 1 nitrogen and oxygen atoms in total. The molecule has 1 aromatic heterocycles. The van der Waals surface area contributed by atoms with E-state index in [9.17, 15) is 0 Å². The Morgan fingerprint density at radius 1 is 1.18 bits per heavy atom. The standard InChI is InChI=1S/C10H10N/c1-2-8-3-4-9-6-11-7-10(9)5-8/h3-7,11H,1-2H2. The molecule has 0 aliphatic rings. The highest BCUT2D eigenvalue weighted by molar-refractivity contribution is 5.82. The monoisotopic (exact) mass is 144 g/mol. The normalized spacial score (nSPS) is 10.6. The third-order valence-electron chi connectivity index (χ3n) is 1.92. The van der Waals surface area contributed by atoms with E-state index in [4.69, 9.17) is 0 Å². The van der Waals surface area contributed by atoms with Crippen LogP contribution >= 0.6 is 0 Å². The molecule has 2 aromatic rings. The van der Waals surface area contributed by atoms with Gasteiger partial charge in [-0.1, -0.05) is 12.1 Å². The highest BCUT2D eigenvalue weighted by Crippen LogP contribution is 2.14. The number of aromatic nitrogens is 1. The molecule has 0 aliphatic carbocycles. The van der Waals surface area contributed by atoms with Crippen molar-refractivity contribution >= 4 is 10.8 Å². The lowest BCUT2D eigenvalue weighted by molar-refractivity contribution is 1.29. The fourth-order valence-corrected chi connectivity index (χ4v) is 1.26. The summed E-state index contributed by atoms with van der Waals surface area (Å²) >= 11 is 0. The average Bonchev–Trinajstić information content (AvgIpc) is 2.50.